The molecule has 4 rings (SSSR count). The Morgan fingerprint density at radius 1 is 1.39 bits per heavy atom. The number of aliphatic hydroxyl groups is 1. The number of H-pyrrole nitrogens is 1. The van der Waals surface area contributed by atoms with Crippen LogP contribution in [0.5, 0.6) is 0 Å². The van der Waals surface area contributed by atoms with E-state index in [-0.39, 0.29) is 30.4 Å². The van der Waals surface area contributed by atoms with Gasteiger partial charge in [0.1, 0.15) is 5.39 Å². The van der Waals surface area contributed by atoms with E-state index in [9.17, 15) is 9.59 Å². The molecule has 0 aliphatic rings. The Morgan fingerprint density at radius 3 is 3.07 bits per heavy atom. The number of thiazole rings is 1. The number of aryl methyl sites for hydroxylation is 1. The second kappa shape index (κ2) is 7.70. The molecule has 0 aliphatic heterocycles. The summed E-state index contributed by atoms with van der Waals surface area (Å²) in [4.78, 5) is 35.8. The Morgan fingerprint density at radius 2 is 2.25 bits per heavy atom. The van der Waals surface area contributed by atoms with E-state index in [1.54, 1.807) is 0 Å². The number of hydrogen-bond acceptors (Lipinski definition) is 8. The van der Waals surface area contributed by atoms with Gasteiger partial charge in [-0.25, -0.2) is 14.6 Å². The average molecular weight is 416 g/mol. The van der Waals surface area contributed by atoms with Crippen molar-refractivity contribution in [1.82, 2.24) is 24.7 Å². The van der Waals surface area contributed by atoms with Crippen molar-refractivity contribution >= 4 is 55.4 Å². The second-order valence-electron chi connectivity index (χ2n) is 6.03. The number of thioether (sulfide) groups is 1. The van der Waals surface area contributed by atoms with Crippen LogP contribution in [0, 0.1) is 6.92 Å². The number of nitrogens with one attached hydrogen (secondary N) is 2. The summed E-state index contributed by atoms with van der Waals surface area (Å²) in [5.41, 5.74) is 2.02. The van der Waals surface area contributed by atoms with Gasteiger partial charge in [-0.3, -0.25) is 9.59 Å². The van der Waals surface area contributed by atoms with E-state index >= 15 is 0 Å². The van der Waals surface area contributed by atoms with E-state index < -0.39 is 0 Å². The minimum Gasteiger partial charge on any atom is -0.394 e. The summed E-state index contributed by atoms with van der Waals surface area (Å²) in [6.45, 7) is 2.13. The van der Waals surface area contributed by atoms with Gasteiger partial charge < -0.3 is 15.4 Å². The summed E-state index contributed by atoms with van der Waals surface area (Å²) in [6.07, 6.45) is 1.41. The van der Waals surface area contributed by atoms with Crippen molar-refractivity contribution in [3.05, 3.63) is 40.3 Å². The number of rotatable bonds is 6. The number of benzene rings is 1. The smallest absolute Gasteiger partial charge is 0.262 e. The molecule has 0 spiro atoms. The first kappa shape index (κ1) is 18.6. The molecule has 144 valence electrons. The van der Waals surface area contributed by atoms with Crippen LogP contribution in [0.1, 0.15) is 5.56 Å². The van der Waals surface area contributed by atoms with Crippen molar-refractivity contribution in [2.24, 2.45) is 0 Å². The summed E-state index contributed by atoms with van der Waals surface area (Å²) in [6, 6.07) is 5.92. The van der Waals surface area contributed by atoms with Gasteiger partial charge in [-0.05, 0) is 24.6 Å². The molecule has 0 radical (unpaired) electrons. The van der Waals surface area contributed by atoms with Crippen LogP contribution in [-0.4, -0.2) is 48.1 Å². The van der Waals surface area contributed by atoms with Gasteiger partial charge >= 0.3 is 0 Å². The molecule has 3 N–H and O–H groups in total. The second-order valence-corrected chi connectivity index (χ2v) is 8.02. The van der Waals surface area contributed by atoms with Gasteiger partial charge in [0.25, 0.3) is 5.56 Å². The SMILES string of the molecule is Cc1ccc2nc(NC(=O)CSc3nc4c(cnn4CCO)c(=O)[nH]3)sc2c1. The fraction of sp³-hybridized carbons (Fsp3) is 0.235. The maximum Gasteiger partial charge on any atom is 0.262 e. The average Bonchev–Trinajstić information content (AvgIpc) is 3.24. The van der Waals surface area contributed by atoms with E-state index in [1.807, 2.05) is 25.1 Å². The number of aromatic amines is 1. The number of carbonyl (C=O) groups is 1. The topological polar surface area (TPSA) is 126 Å². The van der Waals surface area contributed by atoms with Crippen molar-refractivity contribution in [1.29, 1.82) is 0 Å². The molecule has 0 atom stereocenters. The van der Waals surface area contributed by atoms with Crippen LogP contribution in [0.2, 0.25) is 0 Å². The normalized spacial score (nSPS) is 11.4. The van der Waals surface area contributed by atoms with Crippen molar-refractivity contribution in [3.8, 4) is 0 Å². The van der Waals surface area contributed by atoms with Gasteiger partial charge in [-0.15, -0.1) is 0 Å². The summed E-state index contributed by atoms with van der Waals surface area (Å²) >= 11 is 2.52. The minimum atomic E-state index is -0.335. The van der Waals surface area contributed by atoms with Crippen molar-refractivity contribution in [2.75, 3.05) is 17.7 Å². The molecule has 9 nitrogen and oxygen atoms in total. The predicted molar refractivity (Wildman–Crippen MR) is 109 cm³/mol. The van der Waals surface area contributed by atoms with Crippen LogP contribution in [0.15, 0.2) is 34.3 Å². The molecule has 0 saturated carbocycles. The maximum absolute atomic E-state index is 12.3. The molecule has 0 saturated heterocycles. The van der Waals surface area contributed by atoms with E-state index in [2.05, 4.69) is 25.4 Å². The fourth-order valence-corrected chi connectivity index (χ4v) is 4.28. The first-order valence-electron chi connectivity index (χ1n) is 8.40. The molecular formula is C17H16N6O3S2. The number of nitrogens with zero attached hydrogens (tertiary/aromatic N) is 4. The van der Waals surface area contributed by atoms with Crippen LogP contribution in [0.4, 0.5) is 5.13 Å². The molecule has 0 fully saturated rings. The van der Waals surface area contributed by atoms with E-state index in [4.69, 9.17) is 5.11 Å². The molecule has 3 heterocycles. The highest BCUT2D eigenvalue weighted by atomic mass is 32.2. The molecule has 1 aromatic carbocycles. The zero-order valence-corrected chi connectivity index (χ0v) is 16.4. The fourth-order valence-electron chi connectivity index (χ4n) is 2.65. The molecule has 11 heteroatoms. The van der Waals surface area contributed by atoms with Crippen LogP contribution in [0.3, 0.4) is 0 Å². The van der Waals surface area contributed by atoms with Gasteiger partial charge in [0, 0.05) is 0 Å². The summed E-state index contributed by atoms with van der Waals surface area (Å²) in [5.74, 6) is -0.176. The van der Waals surface area contributed by atoms with E-state index in [0.29, 0.717) is 21.3 Å². The molecule has 28 heavy (non-hydrogen) atoms. The number of fused-ring (bicyclic) bond motifs is 2. The number of hydrogen-bond donors (Lipinski definition) is 3. The summed E-state index contributed by atoms with van der Waals surface area (Å²) < 4.78 is 2.47. The quantitative estimate of drug-likeness (QED) is 0.323. The van der Waals surface area contributed by atoms with Gasteiger partial charge in [0.15, 0.2) is 15.9 Å². The third-order valence-corrected chi connectivity index (χ3v) is 5.73. The van der Waals surface area contributed by atoms with Crippen LogP contribution >= 0.6 is 23.1 Å². The molecule has 0 bridgehead atoms. The molecule has 0 aliphatic carbocycles. The Balaban J connectivity index is 1.46. The monoisotopic (exact) mass is 416 g/mol. The van der Waals surface area contributed by atoms with Crippen LogP contribution in [0.25, 0.3) is 21.3 Å². The Kier molecular flexibility index (Phi) is 5.11. The lowest BCUT2D eigenvalue weighted by Gasteiger charge is -2.03. The maximum atomic E-state index is 12.3. The lowest BCUT2D eigenvalue weighted by atomic mass is 10.2. The van der Waals surface area contributed by atoms with Crippen LogP contribution in [-0.2, 0) is 11.3 Å². The standard InChI is InChI=1S/C17H16N6O3S2/c1-9-2-3-11-12(6-9)28-17(19-11)20-13(25)8-27-16-21-14-10(15(26)22-16)7-18-23(14)4-5-24/h2-3,6-7,24H,4-5,8H2,1H3,(H,19,20,25)(H,21,22,26). The number of aliphatic hydroxyl groups excluding tert-OH is 1. The number of aromatic nitrogens is 5. The van der Waals surface area contributed by atoms with E-state index in [1.165, 1.54) is 22.2 Å². The molecule has 0 unspecified atom stereocenters. The van der Waals surface area contributed by atoms with Gasteiger partial charge in [0.2, 0.25) is 5.91 Å². The zero-order chi connectivity index (χ0) is 19.7. The molecular weight excluding hydrogens is 400 g/mol. The molecule has 1 amide bonds. The largest absolute Gasteiger partial charge is 0.394 e. The van der Waals surface area contributed by atoms with E-state index in [0.717, 1.165) is 27.5 Å². The first-order chi connectivity index (χ1) is 13.5. The predicted octanol–water partition coefficient (Wildman–Crippen LogP) is 1.76. The highest BCUT2D eigenvalue weighted by Crippen LogP contribution is 2.27. The van der Waals surface area contributed by atoms with Gasteiger partial charge in [-0.1, -0.05) is 29.2 Å². The van der Waals surface area contributed by atoms with Crippen LogP contribution < -0.4 is 10.9 Å². The third-order valence-electron chi connectivity index (χ3n) is 3.93. The van der Waals surface area contributed by atoms with Crippen molar-refractivity contribution in [3.63, 3.8) is 0 Å². The minimum absolute atomic E-state index is 0.0670. The number of amides is 1. The van der Waals surface area contributed by atoms with Gasteiger partial charge in [-0.2, -0.15) is 5.10 Å². The lowest BCUT2D eigenvalue weighted by Crippen LogP contribution is -2.15. The lowest BCUT2D eigenvalue weighted by molar-refractivity contribution is -0.113. The highest BCUT2D eigenvalue weighted by molar-refractivity contribution is 7.99. The highest BCUT2D eigenvalue weighted by Gasteiger charge is 2.13. The Hall–Kier alpha value is -2.76. The summed E-state index contributed by atoms with van der Waals surface area (Å²) in [7, 11) is 0. The van der Waals surface area contributed by atoms with Crippen molar-refractivity contribution in [2.45, 2.75) is 18.6 Å². The Bertz CT molecular complexity index is 1230. The Labute approximate surface area is 166 Å². The number of carbonyl (C=O) groups excluding carboxylic acids is 1. The molecule has 3 aromatic heterocycles. The molecule has 4 aromatic rings. The van der Waals surface area contributed by atoms with Gasteiger partial charge in [0.05, 0.1) is 35.3 Å². The van der Waals surface area contributed by atoms with Crippen molar-refractivity contribution < 1.29 is 9.90 Å². The summed E-state index contributed by atoms with van der Waals surface area (Å²) in [5, 5.41) is 17.1. The zero-order valence-electron chi connectivity index (χ0n) is 14.8. The third kappa shape index (κ3) is 3.77. The first-order valence-corrected chi connectivity index (χ1v) is 10.2. The number of anilines is 1.